The Bertz CT molecular complexity index is 618. The number of ether oxygens (including phenoxy) is 1. The molecule has 0 N–H and O–H groups in total. The van der Waals surface area contributed by atoms with Crippen LogP contribution in [0.2, 0.25) is 0 Å². The van der Waals surface area contributed by atoms with Gasteiger partial charge in [0.1, 0.15) is 5.75 Å². The summed E-state index contributed by atoms with van der Waals surface area (Å²) >= 11 is 6.18. The van der Waals surface area contributed by atoms with Gasteiger partial charge in [-0.2, -0.15) is 8.78 Å². The van der Waals surface area contributed by atoms with Gasteiger partial charge in [-0.1, -0.05) is 24.3 Å². The van der Waals surface area contributed by atoms with Crippen molar-refractivity contribution in [2.75, 3.05) is 0 Å². The number of alkyl halides is 3. The van der Waals surface area contributed by atoms with E-state index in [-0.39, 0.29) is 12.2 Å². The molecule has 0 aromatic heterocycles. The zero-order valence-corrected chi connectivity index (χ0v) is 11.5. The van der Waals surface area contributed by atoms with Gasteiger partial charge in [-0.25, -0.2) is 8.78 Å². The molecule has 0 saturated heterocycles. The normalized spacial score (nSPS) is 12.5. The monoisotopic (exact) mass is 318 g/mol. The van der Waals surface area contributed by atoms with Gasteiger partial charge in [0.25, 0.3) is 0 Å². The van der Waals surface area contributed by atoms with Crippen molar-refractivity contribution in [2.24, 2.45) is 0 Å². The van der Waals surface area contributed by atoms with Gasteiger partial charge < -0.3 is 4.74 Å². The van der Waals surface area contributed by atoms with Crippen molar-refractivity contribution >= 4 is 11.6 Å². The molecule has 2 aromatic rings. The van der Waals surface area contributed by atoms with Crippen molar-refractivity contribution in [2.45, 2.75) is 18.4 Å². The first-order valence-electron chi connectivity index (χ1n) is 6.09. The first kappa shape index (κ1) is 15.6. The summed E-state index contributed by atoms with van der Waals surface area (Å²) in [6, 6.07) is 9.52. The fourth-order valence-corrected chi connectivity index (χ4v) is 2.28. The van der Waals surface area contributed by atoms with Crippen molar-refractivity contribution in [3.05, 3.63) is 65.2 Å². The van der Waals surface area contributed by atoms with Crippen molar-refractivity contribution < 1.29 is 22.3 Å². The summed E-state index contributed by atoms with van der Waals surface area (Å²) < 4.78 is 55.1. The predicted molar refractivity (Wildman–Crippen MR) is 71.7 cm³/mol. The van der Waals surface area contributed by atoms with Crippen LogP contribution in [-0.2, 0) is 6.42 Å². The third kappa shape index (κ3) is 4.11. The Morgan fingerprint density at radius 1 is 1.00 bits per heavy atom. The van der Waals surface area contributed by atoms with Gasteiger partial charge in [-0.3, -0.25) is 0 Å². The Kier molecular flexibility index (Phi) is 5.07. The topological polar surface area (TPSA) is 9.23 Å². The van der Waals surface area contributed by atoms with Crippen LogP contribution >= 0.6 is 11.6 Å². The lowest BCUT2D eigenvalue weighted by molar-refractivity contribution is -0.0504. The summed E-state index contributed by atoms with van der Waals surface area (Å²) in [5.74, 6) is -1.96. The minimum Gasteiger partial charge on any atom is -0.434 e. The predicted octanol–water partition coefficient (Wildman–Crippen LogP) is 5.09. The Morgan fingerprint density at radius 2 is 1.71 bits per heavy atom. The average molecular weight is 319 g/mol. The molecule has 0 aliphatic rings. The number of halogens is 5. The van der Waals surface area contributed by atoms with Gasteiger partial charge in [0.2, 0.25) is 0 Å². The highest BCUT2D eigenvalue weighted by molar-refractivity contribution is 6.21. The maximum Gasteiger partial charge on any atom is 0.387 e. The summed E-state index contributed by atoms with van der Waals surface area (Å²) in [4.78, 5) is 0. The van der Waals surface area contributed by atoms with Crippen LogP contribution in [0.4, 0.5) is 17.6 Å². The van der Waals surface area contributed by atoms with Crippen LogP contribution in [0.1, 0.15) is 16.5 Å². The summed E-state index contributed by atoms with van der Waals surface area (Å²) in [6.45, 7) is -2.96. The fourth-order valence-electron chi connectivity index (χ4n) is 1.93. The van der Waals surface area contributed by atoms with E-state index in [1.807, 2.05) is 0 Å². The fraction of sp³-hybridized carbons (Fsp3) is 0.200. The van der Waals surface area contributed by atoms with E-state index in [0.717, 1.165) is 12.1 Å². The second-order valence-electron chi connectivity index (χ2n) is 4.34. The van der Waals surface area contributed by atoms with Gasteiger partial charge in [0, 0.05) is 5.56 Å². The van der Waals surface area contributed by atoms with Gasteiger partial charge in [-0.05, 0) is 30.2 Å². The molecule has 0 aliphatic heterocycles. The lowest BCUT2D eigenvalue weighted by atomic mass is 10.0. The van der Waals surface area contributed by atoms with Crippen molar-refractivity contribution in [3.8, 4) is 5.75 Å². The van der Waals surface area contributed by atoms with Crippen LogP contribution in [0.3, 0.4) is 0 Å². The van der Waals surface area contributed by atoms with Crippen LogP contribution in [-0.4, -0.2) is 6.61 Å². The molecule has 0 heterocycles. The van der Waals surface area contributed by atoms with Crippen LogP contribution in [0.5, 0.6) is 5.75 Å². The Hall–Kier alpha value is -1.75. The van der Waals surface area contributed by atoms with E-state index in [1.165, 1.54) is 12.1 Å². The number of rotatable bonds is 5. The quantitative estimate of drug-likeness (QED) is 0.551. The molecule has 2 aromatic carbocycles. The Morgan fingerprint density at radius 3 is 2.38 bits per heavy atom. The average Bonchev–Trinajstić information content (AvgIpc) is 2.43. The molecule has 2 rings (SSSR count). The first-order valence-corrected chi connectivity index (χ1v) is 6.52. The number of hydrogen-bond donors (Lipinski definition) is 0. The first-order chi connectivity index (χ1) is 9.97. The van der Waals surface area contributed by atoms with E-state index in [1.54, 1.807) is 18.2 Å². The third-order valence-corrected chi connectivity index (χ3v) is 3.26. The molecular weight excluding hydrogens is 308 g/mol. The van der Waals surface area contributed by atoms with Crippen LogP contribution in [0.15, 0.2) is 42.5 Å². The van der Waals surface area contributed by atoms with Gasteiger partial charge in [0.05, 0.1) is 5.38 Å². The van der Waals surface area contributed by atoms with Gasteiger partial charge in [0.15, 0.2) is 11.6 Å². The standard InChI is InChI=1S/C15H11ClF4O/c16-11(7-9-5-6-12(17)13(18)8-9)10-3-1-2-4-14(10)21-15(19)20/h1-6,8,11,15H,7H2. The van der Waals surface area contributed by atoms with E-state index < -0.39 is 23.6 Å². The minimum absolute atomic E-state index is 0.0323. The van der Waals surface area contributed by atoms with E-state index in [4.69, 9.17) is 11.6 Å². The van der Waals surface area contributed by atoms with Crippen LogP contribution in [0.25, 0.3) is 0 Å². The molecule has 0 spiro atoms. The zero-order valence-electron chi connectivity index (χ0n) is 10.7. The maximum absolute atomic E-state index is 13.1. The third-order valence-electron chi connectivity index (χ3n) is 2.87. The molecule has 112 valence electrons. The highest BCUT2D eigenvalue weighted by Gasteiger charge is 2.17. The molecule has 0 saturated carbocycles. The summed E-state index contributed by atoms with van der Waals surface area (Å²) in [5, 5.41) is -0.704. The maximum atomic E-state index is 13.1. The molecule has 1 nitrogen and oxygen atoms in total. The highest BCUT2D eigenvalue weighted by atomic mass is 35.5. The number of hydrogen-bond acceptors (Lipinski definition) is 1. The second-order valence-corrected chi connectivity index (χ2v) is 4.86. The van der Waals surface area contributed by atoms with Gasteiger partial charge in [-0.15, -0.1) is 11.6 Å². The molecule has 0 bridgehead atoms. The molecular formula is C15H11ClF4O. The van der Waals surface area contributed by atoms with E-state index in [2.05, 4.69) is 4.74 Å². The summed E-state index contributed by atoms with van der Waals surface area (Å²) in [5.41, 5.74) is 0.824. The lowest BCUT2D eigenvalue weighted by Crippen LogP contribution is -2.06. The number of para-hydroxylation sites is 1. The highest BCUT2D eigenvalue weighted by Crippen LogP contribution is 2.33. The molecule has 0 amide bonds. The molecule has 0 aliphatic carbocycles. The minimum atomic E-state index is -2.96. The molecule has 0 radical (unpaired) electrons. The summed E-state index contributed by atoms with van der Waals surface area (Å²) in [7, 11) is 0. The Labute approximate surface area is 124 Å². The lowest BCUT2D eigenvalue weighted by Gasteiger charge is -2.15. The molecule has 1 unspecified atom stereocenters. The van der Waals surface area contributed by atoms with Crippen molar-refractivity contribution in [1.29, 1.82) is 0 Å². The molecule has 0 fully saturated rings. The number of benzene rings is 2. The van der Waals surface area contributed by atoms with Gasteiger partial charge >= 0.3 is 6.61 Å². The van der Waals surface area contributed by atoms with Crippen molar-refractivity contribution in [1.82, 2.24) is 0 Å². The molecule has 1 atom stereocenters. The van der Waals surface area contributed by atoms with E-state index in [9.17, 15) is 17.6 Å². The van der Waals surface area contributed by atoms with E-state index in [0.29, 0.717) is 11.1 Å². The van der Waals surface area contributed by atoms with E-state index >= 15 is 0 Å². The smallest absolute Gasteiger partial charge is 0.387 e. The molecule has 21 heavy (non-hydrogen) atoms. The van der Waals surface area contributed by atoms with Crippen molar-refractivity contribution in [3.63, 3.8) is 0 Å². The Balaban J connectivity index is 2.19. The zero-order chi connectivity index (χ0) is 15.4. The second kappa shape index (κ2) is 6.80. The summed E-state index contributed by atoms with van der Waals surface area (Å²) in [6.07, 6.45) is 0.155. The van der Waals surface area contributed by atoms with Crippen LogP contribution < -0.4 is 4.74 Å². The largest absolute Gasteiger partial charge is 0.434 e. The molecule has 6 heteroatoms. The van der Waals surface area contributed by atoms with Crippen LogP contribution in [0, 0.1) is 11.6 Å². The SMILES string of the molecule is Fc1ccc(CC(Cl)c2ccccc2OC(F)F)cc1F.